The van der Waals surface area contributed by atoms with E-state index in [1.807, 2.05) is 0 Å². The molecule has 0 fully saturated rings. The summed E-state index contributed by atoms with van der Waals surface area (Å²) in [5.41, 5.74) is 2.90. The van der Waals surface area contributed by atoms with Crippen LogP contribution in [0.25, 0.3) is 0 Å². The van der Waals surface area contributed by atoms with Gasteiger partial charge < -0.3 is 0 Å². The van der Waals surface area contributed by atoms with E-state index >= 15 is 0 Å². The number of rotatable bonds is 0. The van der Waals surface area contributed by atoms with Crippen LogP contribution in [0.1, 0.15) is 19.8 Å². The zero-order valence-corrected chi connectivity index (χ0v) is 5.09. The van der Waals surface area contributed by atoms with Crippen LogP contribution in [0.3, 0.4) is 0 Å². The topological polar surface area (TPSA) is 36.8 Å². The molecule has 0 aromatic carbocycles. The van der Waals surface area contributed by atoms with Crippen LogP contribution in [0.15, 0.2) is 10.3 Å². The molecule has 1 unspecified atom stereocenters. The summed E-state index contributed by atoms with van der Waals surface area (Å²) in [6, 6.07) is 0.515. The van der Waals surface area contributed by atoms with Gasteiger partial charge in [-0.05, 0) is 19.8 Å². The molecule has 8 heavy (non-hydrogen) atoms. The molecule has 46 valence electrons. The van der Waals surface area contributed by atoms with Gasteiger partial charge in [0.2, 0.25) is 0 Å². The molecule has 1 N–H and O–H groups in total. The van der Waals surface area contributed by atoms with Gasteiger partial charge >= 0.3 is 0 Å². The smallest absolute Gasteiger partial charge is 0.0621 e. The first kappa shape index (κ1) is 5.54. The minimum absolute atomic E-state index is 0.515. The first-order valence-electron chi connectivity index (χ1n) is 3.01. The van der Waals surface area contributed by atoms with Crippen LogP contribution >= 0.6 is 0 Å². The number of hydrogen-bond acceptors (Lipinski definition) is 3. The van der Waals surface area contributed by atoms with Crippen LogP contribution in [0.4, 0.5) is 0 Å². The molecule has 1 atom stereocenters. The summed E-state index contributed by atoms with van der Waals surface area (Å²) in [7, 11) is 0. The average molecular weight is 113 g/mol. The third kappa shape index (κ3) is 1.48. The average Bonchev–Trinajstić information content (AvgIpc) is 1.94. The van der Waals surface area contributed by atoms with E-state index in [9.17, 15) is 0 Å². The highest BCUT2D eigenvalue weighted by molar-refractivity contribution is 4.59. The molecule has 0 amide bonds. The van der Waals surface area contributed by atoms with Crippen molar-refractivity contribution in [2.24, 2.45) is 10.3 Å². The normalized spacial score (nSPS) is 28.9. The molecule has 1 aliphatic rings. The first-order valence-corrected chi connectivity index (χ1v) is 3.01. The summed E-state index contributed by atoms with van der Waals surface area (Å²) in [6.07, 6.45) is 2.35. The van der Waals surface area contributed by atoms with Gasteiger partial charge in [0.25, 0.3) is 0 Å². The Morgan fingerprint density at radius 2 is 2.50 bits per heavy atom. The second-order valence-electron chi connectivity index (χ2n) is 2.14. The maximum atomic E-state index is 3.84. The molecule has 3 heteroatoms. The Kier molecular flexibility index (Phi) is 1.83. The highest BCUT2D eigenvalue weighted by Crippen LogP contribution is 1.99. The lowest BCUT2D eigenvalue weighted by Crippen LogP contribution is -2.17. The fourth-order valence-electron chi connectivity index (χ4n) is 0.722. The van der Waals surface area contributed by atoms with Crippen molar-refractivity contribution in [3.63, 3.8) is 0 Å². The summed E-state index contributed by atoms with van der Waals surface area (Å²) < 4.78 is 0. The summed E-state index contributed by atoms with van der Waals surface area (Å²) in [5.74, 6) is 0. The highest BCUT2D eigenvalue weighted by atomic mass is 15.4. The van der Waals surface area contributed by atoms with Crippen molar-refractivity contribution >= 4 is 0 Å². The molecular weight excluding hydrogens is 102 g/mol. The summed E-state index contributed by atoms with van der Waals surface area (Å²) in [6.45, 7) is 3.00. The van der Waals surface area contributed by atoms with E-state index in [2.05, 4.69) is 22.7 Å². The molecule has 0 radical (unpaired) electrons. The molecule has 0 aliphatic carbocycles. The predicted octanol–water partition coefficient (Wildman–Crippen LogP) is 1.13. The van der Waals surface area contributed by atoms with Gasteiger partial charge in [0.1, 0.15) is 0 Å². The standard InChI is InChI=1S/C5H11N3/c1-5-3-2-4-6-8-7-5/h5H,2-4H2,1H3,(H,6,7). The Balaban J connectivity index is 2.30. The Morgan fingerprint density at radius 3 is 3.38 bits per heavy atom. The SMILES string of the molecule is CC1CCCN=NN1. The van der Waals surface area contributed by atoms with Crippen molar-refractivity contribution in [1.82, 2.24) is 5.43 Å². The molecule has 0 saturated heterocycles. The number of nitrogens with one attached hydrogen (secondary N) is 1. The lowest BCUT2D eigenvalue weighted by Gasteiger charge is -2.03. The summed E-state index contributed by atoms with van der Waals surface area (Å²) >= 11 is 0. The molecule has 3 nitrogen and oxygen atoms in total. The number of hydrogen-bond donors (Lipinski definition) is 1. The summed E-state index contributed by atoms with van der Waals surface area (Å²) in [4.78, 5) is 0. The minimum Gasteiger partial charge on any atom is -0.289 e. The van der Waals surface area contributed by atoms with E-state index in [0.29, 0.717) is 6.04 Å². The van der Waals surface area contributed by atoms with Crippen LogP contribution in [-0.4, -0.2) is 12.6 Å². The second-order valence-corrected chi connectivity index (χ2v) is 2.14. The van der Waals surface area contributed by atoms with Gasteiger partial charge in [-0.1, -0.05) is 5.22 Å². The van der Waals surface area contributed by atoms with Gasteiger partial charge in [-0.2, -0.15) is 5.11 Å². The van der Waals surface area contributed by atoms with Crippen LogP contribution in [-0.2, 0) is 0 Å². The van der Waals surface area contributed by atoms with Gasteiger partial charge in [0.15, 0.2) is 0 Å². The van der Waals surface area contributed by atoms with Crippen LogP contribution in [0.2, 0.25) is 0 Å². The maximum absolute atomic E-state index is 3.84. The van der Waals surface area contributed by atoms with Crippen molar-refractivity contribution in [2.75, 3.05) is 6.54 Å². The van der Waals surface area contributed by atoms with Gasteiger partial charge in [-0.25, -0.2) is 0 Å². The van der Waals surface area contributed by atoms with Crippen LogP contribution in [0.5, 0.6) is 0 Å². The van der Waals surface area contributed by atoms with E-state index in [1.165, 1.54) is 6.42 Å². The highest BCUT2D eigenvalue weighted by Gasteiger charge is 2.00. The zero-order chi connectivity index (χ0) is 5.82. The Hall–Kier alpha value is -0.600. The molecule has 0 bridgehead atoms. The molecular formula is C5H11N3. The van der Waals surface area contributed by atoms with Gasteiger partial charge in [0.05, 0.1) is 6.54 Å². The van der Waals surface area contributed by atoms with Crippen molar-refractivity contribution < 1.29 is 0 Å². The maximum Gasteiger partial charge on any atom is 0.0621 e. The molecule has 0 aromatic heterocycles. The van der Waals surface area contributed by atoms with Crippen LogP contribution in [0, 0.1) is 0 Å². The van der Waals surface area contributed by atoms with Crippen molar-refractivity contribution in [3.05, 3.63) is 0 Å². The predicted molar refractivity (Wildman–Crippen MR) is 31.6 cm³/mol. The zero-order valence-electron chi connectivity index (χ0n) is 5.09. The van der Waals surface area contributed by atoms with Gasteiger partial charge in [-0.15, -0.1) is 0 Å². The molecule has 1 rings (SSSR count). The fraction of sp³-hybridized carbons (Fsp3) is 1.00. The Bertz CT molecular complexity index is 89.7. The molecule has 0 saturated carbocycles. The minimum atomic E-state index is 0.515. The van der Waals surface area contributed by atoms with Crippen molar-refractivity contribution in [1.29, 1.82) is 0 Å². The third-order valence-corrected chi connectivity index (χ3v) is 1.24. The second kappa shape index (κ2) is 2.64. The van der Waals surface area contributed by atoms with E-state index in [-0.39, 0.29) is 0 Å². The third-order valence-electron chi connectivity index (χ3n) is 1.24. The van der Waals surface area contributed by atoms with Gasteiger partial charge in [0, 0.05) is 6.04 Å². The quantitative estimate of drug-likeness (QED) is 0.502. The lowest BCUT2D eigenvalue weighted by atomic mass is 10.2. The van der Waals surface area contributed by atoms with Gasteiger partial charge in [-0.3, -0.25) is 5.43 Å². The Morgan fingerprint density at radius 1 is 1.62 bits per heavy atom. The van der Waals surface area contributed by atoms with E-state index in [1.54, 1.807) is 0 Å². The monoisotopic (exact) mass is 113 g/mol. The first-order chi connectivity index (χ1) is 3.89. The molecule has 1 aliphatic heterocycles. The van der Waals surface area contributed by atoms with Crippen LogP contribution < -0.4 is 5.43 Å². The number of nitrogens with zero attached hydrogens (tertiary/aromatic N) is 2. The van der Waals surface area contributed by atoms with Crippen molar-refractivity contribution in [3.8, 4) is 0 Å². The van der Waals surface area contributed by atoms with E-state index in [4.69, 9.17) is 0 Å². The lowest BCUT2D eigenvalue weighted by molar-refractivity contribution is 0.539. The van der Waals surface area contributed by atoms with Crippen molar-refractivity contribution in [2.45, 2.75) is 25.8 Å². The molecule has 1 heterocycles. The summed E-state index contributed by atoms with van der Waals surface area (Å²) in [5, 5.41) is 7.56. The van der Waals surface area contributed by atoms with E-state index < -0.39 is 0 Å². The molecule has 0 spiro atoms. The fourth-order valence-corrected chi connectivity index (χ4v) is 0.722. The Labute approximate surface area is 49.2 Å². The molecule has 0 aromatic rings. The largest absolute Gasteiger partial charge is 0.289 e. The van der Waals surface area contributed by atoms with E-state index in [0.717, 1.165) is 13.0 Å².